The number of aromatic nitrogens is 1. The van der Waals surface area contributed by atoms with E-state index >= 15 is 0 Å². The van der Waals surface area contributed by atoms with Crippen LogP contribution in [0.1, 0.15) is 5.56 Å². The fourth-order valence-electron chi connectivity index (χ4n) is 1.49. The number of pyridine rings is 1. The van der Waals surface area contributed by atoms with E-state index in [0.29, 0.717) is 13.1 Å². The highest BCUT2D eigenvalue weighted by Gasteiger charge is 2.04. The molecule has 0 saturated heterocycles. The lowest BCUT2D eigenvalue weighted by Gasteiger charge is -2.21. The molecule has 1 aromatic rings. The molecule has 88 valence electrons. The van der Waals surface area contributed by atoms with Gasteiger partial charge in [0.2, 0.25) is 0 Å². The van der Waals surface area contributed by atoms with Crippen LogP contribution in [0.5, 0.6) is 0 Å². The standard InChI is InChI=1S/C12H19N3O/c1-3-6-15(7-8-16)12-5-4-11(9-13-2)10-14-12/h3-5,10,13,16H,1,6-9H2,2H3. The molecule has 0 saturated carbocycles. The largest absolute Gasteiger partial charge is 0.395 e. The molecule has 0 atom stereocenters. The van der Waals surface area contributed by atoms with Crippen molar-refractivity contribution in [3.8, 4) is 0 Å². The summed E-state index contributed by atoms with van der Waals surface area (Å²) in [5.41, 5.74) is 1.15. The maximum Gasteiger partial charge on any atom is 0.128 e. The van der Waals surface area contributed by atoms with Gasteiger partial charge in [-0.2, -0.15) is 0 Å². The van der Waals surface area contributed by atoms with Gasteiger partial charge in [-0.1, -0.05) is 12.1 Å². The first-order chi connectivity index (χ1) is 7.81. The number of aliphatic hydroxyl groups is 1. The minimum absolute atomic E-state index is 0.119. The Hall–Kier alpha value is -1.39. The summed E-state index contributed by atoms with van der Waals surface area (Å²) in [5.74, 6) is 0.869. The third-order valence-electron chi connectivity index (χ3n) is 2.23. The maximum atomic E-state index is 8.95. The molecule has 4 nitrogen and oxygen atoms in total. The summed E-state index contributed by atoms with van der Waals surface area (Å²) in [6.07, 6.45) is 3.65. The molecule has 1 aromatic heterocycles. The fraction of sp³-hybridized carbons (Fsp3) is 0.417. The van der Waals surface area contributed by atoms with Gasteiger partial charge >= 0.3 is 0 Å². The zero-order valence-corrected chi connectivity index (χ0v) is 9.69. The summed E-state index contributed by atoms with van der Waals surface area (Å²) in [4.78, 5) is 6.34. The molecule has 1 heterocycles. The number of hydrogen-bond acceptors (Lipinski definition) is 4. The molecule has 0 aromatic carbocycles. The third-order valence-corrected chi connectivity index (χ3v) is 2.23. The molecule has 0 spiro atoms. The molecule has 0 bridgehead atoms. The van der Waals surface area contributed by atoms with Gasteiger partial charge in [-0.15, -0.1) is 6.58 Å². The minimum Gasteiger partial charge on any atom is -0.395 e. The Morgan fingerprint density at radius 3 is 2.88 bits per heavy atom. The van der Waals surface area contributed by atoms with E-state index in [9.17, 15) is 0 Å². The molecular formula is C12H19N3O. The minimum atomic E-state index is 0.119. The van der Waals surface area contributed by atoms with E-state index in [-0.39, 0.29) is 6.61 Å². The van der Waals surface area contributed by atoms with Gasteiger partial charge in [0, 0.05) is 25.8 Å². The number of anilines is 1. The van der Waals surface area contributed by atoms with E-state index < -0.39 is 0 Å². The van der Waals surface area contributed by atoms with Crippen LogP contribution in [0.4, 0.5) is 5.82 Å². The first-order valence-electron chi connectivity index (χ1n) is 5.38. The van der Waals surface area contributed by atoms with Gasteiger partial charge in [0.1, 0.15) is 5.82 Å². The molecule has 2 N–H and O–H groups in total. The number of hydrogen-bond donors (Lipinski definition) is 2. The number of nitrogens with one attached hydrogen (secondary N) is 1. The van der Waals surface area contributed by atoms with Crippen molar-refractivity contribution >= 4 is 5.82 Å². The Morgan fingerprint density at radius 1 is 1.56 bits per heavy atom. The van der Waals surface area contributed by atoms with E-state index in [1.54, 1.807) is 6.08 Å². The molecule has 4 heteroatoms. The molecule has 0 fully saturated rings. The monoisotopic (exact) mass is 221 g/mol. The van der Waals surface area contributed by atoms with Crippen LogP contribution < -0.4 is 10.2 Å². The predicted molar refractivity (Wildman–Crippen MR) is 66.5 cm³/mol. The Bertz CT molecular complexity index is 311. The van der Waals surface area contributed by atoms with E-state index in [0.717, 1.165) is 17.9 Å². The van der Waals surface area contributed by atoms with Crippen LogP contribution in [0, 0.1) is 0 Å². The Labute approximate surface area is 96.6 Å². The van der Waals surface area contributed by atoms with E-state index in [1.807, 2.05) is 30.3 Å². The maximum absolute atomic E-state index is 8.95. The summed E-state index contributed by atoms with van der Waals surface area (Å²) in [6.45, 7) is 5.89. The first-order valence-corrected chi connectivity index (χ1v) is 5.38. The molecule has 0 aliphatic rings. The van der Waals surface area contributed by atoms with Crippen LogP contribution >= 0.6 is 0 Å². The summed E-state index contributed by atoms with van der Waals surface area (Å²) in [5, 5.41) is 12.0. The lowest BCUT2D eigenvalue weighted by Crippen LogP contribution is -2.27. The predicted octanol–water partition coefficient (Wildman–Crippen LogP) is 0.786. The van der Waals surface area contributed by atoms with E-state index in [1.165, 1.54) is 0 Å². The van der Waals surface area contributed by atoms with Gasteiger partial charge in [0.25, 0.3) is 0 Å². The average Bonchev–Trinajstić information content (AvgIpc) is 2.30. The number of nitrogens with zero attached hydrogens (tertiary/aromatic N) is 2. The summed E-state index contributed by atoms with van der Waals surface area (Å²) in [7, 11) is 1.91. The van der Waals surface area contributed by atoms with Crippen molar-refractivity contribution in [3.05, 3.63) is 36.5 Å². The number of rotatable bonds is 7. The van der Waals surface area contributed by atoms with Crippen LogP contribution in [-0.4, -0.2) is 36.8 Å². The van der Waals surface area contributed by atoms with Gasteiger partial charge in [-0.3, -0.25) is 0 Å². The Kier molecular flexibility index (Phi) is 5.53. The second-order valence-electron chi connectivity index (χ2n) is 3.51. The molecule has 16 heavy (non-hydrogen) atoms. The van der Waals surface area contributed by atoms with Crippen LogP contribution in [0.3, 0.4) is 0 Å². The van der Waals surface area contributed by atoms with Crippen LogP contribution in [-0.2, 0) is 6.54 Å². The SMILES string of the molecule is C=CCN(CCO)c1ccc(CNC)cn1. The lowest BCUT2D eigenvalue weighted by atomic mass is 10.2. The second kappa shape index (κ2) is 6.98. The quantitative estimate of drug-likeness (QED) is 0.668. The summed E-state index contributed by atoms with van der Waals surface area (Å²) >= 11 is 0. The first kappa shape index (κ1) is 12.7. The summed E-state index contributed by atoms with van der Waals surface area (Å²) < 4.78 is 0. The van der Waals surface area contributed by atoms with Crippen LogP contribution in [0.2, 0.25) is 0 Å². The third kappa shape index (κ3) is 3.64. The van der Waals surface area contributed by atoms with Crippen molar-refractivity contribution in [2.24, 2.45) is 0 Å². The Balaban J connectivity index is 2.72. The van der Waals surface area contributed by atoms with Crippen molar-refractivity contribution in [1.82, 2.24) is 10.3 Å². The zero-order valence-electron chi connectivity index (χ0n) is 9.69. The van der Waals surface area contributed by atoms with Crippen LogP contribution in [0.25, 0.3) is 0 Å². The second-order valence-corrected chi connectivity index (χ2v) is 3.51. The zero-order chi connectivity index (χ0) is 11.8. The van der Waals surface area contributed by atoms with E-state index in [4.69, 9.17) is 5.11 Å². The lowest BCUT2D eigenvalue weighted by molar-refractivity contribution is 0.302. The highest BCUT2D eigenvalue weighted by atomic mass is 16.3. The van der Waals surface area contributed by atoms with Gasteiger partial charge in [0.05, 0.1) is 6.61 Å². The molecular weight excluding hydrogens is 202 g/mol. The van der Waals surface area contributed by atoms with Crippen molar-refractivity contribution in [1.29, 1.82) is 0 Å². The number of aliphatic hydroxyl groups excluding tert-OH is 1. The molecule has 0 aliphatic carbocycles. The fourth-order valence-corrected chi connectivity index (χ4v) is 1.49. The van der Waals surface area contributed by atoms with Gasteiger partial charge in [-0.05, 0) is 18.7 Å². The van der Waals surface area contributed by atoms with Gasteiger partial charge in [0.15, 0.2) is 0 Å². The molecule has 0 amide bonds. The smallest absolute Gasteiger partial charge is 0.128 e. The molecule has 0 aliphatic heterocycles. The topological polar surface area (TPSA) is 48.4 Å². The molecule has 0 unspecified atom stereocenters. The highest BCUT2D eigenvalue weighted by Crippen LogP contribution is 2.10. The van der Waals surface area contributed by atoms with Gasteiger partial charge in [-0.25, -0.2) is 4.98 Å². The van der Waals surface area contributed by atoms with Crippen molar-refractivity contribution in [2.75, 3.05) is 31.6 Å². The van der Waals surface area contributed by atoms with Crippen molar-refractivity contribution in [2.45, 2.75) is 6.54 Å². The normalized spacial score (nSPS) is 10.1. The van der Waals surface area contributed by atoms with Crippen molar-refractivity contribution in [3.63, 3.8) is 0 Å². The van der Waals surface area contributed by atoms with Gasteiger partial charge < -0.3 is 15.3 Å². The summed E-state index contributed by atoms with van der Waals surface area (Å²) in [6, 6.07) is 4.00. The van der Waals surface area contributed by atoms with Crippen LogP contribution in [0.15, 0.2) is 31.0 Å². The Morgan fingerprint density at radius 2 is 2.38 bits per heavy atom. The molecule has 1 rings (SSSR count). The van der Waals surface area contributed by atoms with Crippen molar-refractivity contribution < 1.29 is 5.11 Å². The molecule has 0 radical (unpaired) electrons. The average molecular weight is 221 g/mol. The highest BCUT2D eigenvalue weighted by molar-refractivity contribution is 5.40. The van der Waals surface area contributed by atoms with E-state index in [2.05, 4.69) is 16.9 Å².